The molecule has 0 saturated heterocycles. The van der Waals surface area contributed by atoms with E-state index in [-0.39, 0.29) is 5.82 Å². The van der Waals surface area contributed by atoms with Crippen LogP contribution in [0.25, 0.3) is 0 Å². The van der Waals surface area contributed by atoms with Crippen molar-refractivity contribution in [3.05, 3.63) is 52.6 Å². The number of nitrogens with one attached hydrogen (secondary N) is 1. The fourth-order valence-electron chi connectivity index (χ4n) is 1.71. The summed E-state index contributed by atoms with van der Waals surface area (Å²) in [6.45, 7) is 2.62. The summed E-state index contributed by atoms with van der Waals surface area (Å²) in [5.41, 5.74) is 1.88. The summed E-state index contributed by atoms with van der Waals surface area (Å²) in [5.74, 6) is 0.258. The molecule has 1 N–H and O–H groups in total. The van der Waals surface area contributed by atoms with Crippen LogP contribution < -0.4 is 5.32 Å². The van der Waals surface area contributed by atoms with Crippen molar-refractivity contribution in [3.63, 3.8) is 0 Å². The van der Waals surface area contributed by atoms with Crippen molar-refractivity contribution in [3.8, 4) is 0 Å². The van der Waals surface area contributed by atoms with E-state index >= 15 is 0 Å². The summed E-state index contributed by atoms with van der Waals surface area (Å²) < 4.78 is 12.8. The summed E-state index contributed by atoms with van der Waals surface area (Å²) >= 11 is 5.95. The van der Waals surface area contributed by atoms with Gasteiger partial charge in [0.15, 0.2) is 0 Å². The van der Waals surface area contributed by atoms with Gasteiger partial charge in [-0.1, -0.05) is 37.1 Å². The van der Waals surface area contributed by atoms with Crippen LogP contribution in [-0.4, -0.2) is 9.97 Å². The first-order valence-electron chi connectivity index (χ1n) is 6.19. The SMILES string of the molecule is CCCc1cc(Cl)nc(NCc2ccc(F)cc2)n1. The van der Waals surface area contributed by atoms with Crippen molar-refractivity contribution in [2.75, 3.05) is 5.32 Å². The third-order valence-corrected chi connectivity index (χ3v) is 2.81. The second kappa shape index (κ2) is 6.48. The number of rotatable bonds is 5. The van der Waals surface area contributed by atoms with Crippen LogP contribution in [0.1, 0.15) is 24.6 Å². The zero-order valence-electron chi connectivity index (χ0n) is 10.7. The second-order valence-electron chi connectivity index (χ2n) is 4.24. The molecule has 0 aliphatic heterocycles. The van der Waals surface area contributed by atoms with Gasteiger partial charge < -0.3 is 5.32 Å². The molecular weight excluding hydrogens is 265 g/mol. The molecular formula is C14H15ClFN3. The summed E-state index contributed by atoms with van der Waals surface area (Å²) in [4.78, 5) is 8.49. The smallest absolute Gasteiger partial charge is 0.224 e. The molecule has 0 bridgehead atoms. The van der Waals surface area contributed by atoms with Gasteiger partial charge in [0, 0.05) is 12.2 Å². The van der Waals surface area contributed by atoms with Crippen LogP contribution in [0.3, 0.4) is 0 Å². The lowest BCUT2D eigenvalue weighted by molar-refractivity contribution is 0.627. The molecule has 0 radical (unpaired) electrons. The molecule has 1 heterocycles. The lowest BCUT2D eigenvalue weighted by Gasteiger charge is -2.07. The first-order chi connectivity index (χ1) is 9.17. The largest absolute Gasteiger partial charge is 0.350 e. The van der Waals surface area contributed by atoms with E-state index in [0.29, 0.717) is 17.6 Å². The molecule has 0 saturated carbocycles. The number of benzene rings is 1. The van der Waals surface area contributed by atoms with E-state index in [4.69, 9.17) is 11.6 Å². The Morgan fingerprint density at radius 1 is 1.21 bits per heavy atom. The zero-order chi connectivity index (χ0) is 13.7. The monoisotopic (exact) mass is 279 g/mol. The molecule has 0 spiro atoms. The Kier molecular flexibility index (Phi) is 4.68. The van der Waals surface area contributed by atoms with Crippen molar-refractivity contribution in [2.24, 2.45) is 0 Å². The minimum Gasteiger partial charge on any atom is -0.350 e. The Morgan fingerprint density at radius 3 is 2.63 bits per heavy atom. The van der Waals surface area contributed by atoms with Crippen LogP contribution in [0.5, 0.6) is 0 Å². The van der Waals surface area contributed by atoms with Gasteiger partial charge in [0.2, 0.25) is 5.95 Å². The normalized spacial score (nSPS) is 10.5. The molecule has 100 valence electrons. The van der Waals surface area contributed by atoms with E-state index in [1.165, 1.54) is 12.1 Å². The molecule has 0 unspecified atom stereocenters. The van der Waals surface area contributed by atoms with Crippen LogP contribution in [0.4, 0.5) is 10.3 Å². The molecule has 5 heteroatoms. The Labute approximate surface area is 116 Å². The first-order valence-corrected chi connectivity index (χ1v) is 6.57. The third-order valence-electron chi connectivity index (χ3n) is 2.62. The molecule has 1 aromatic heterocycles. The lowest BCUT2D eigenvalue weighted by atomic mass is 10.2. The number of aromatic nitrogens is 2. The van der Waals surface area contributed by atoms with Crippen molar-refractivity contribution < 1.29 is 4.39 Å². The molecule has 0 amide bonds. The van der Waals surface area contributed by atoms with Crippen LogP contribution >= 0.6 is 11.6 Å². The van der Waals surface area contributed by atoms with Gasteiger partial charge in [-0.25, -0.2) is 14.4 Å². The number of aryl methyl sites for hydroxylation is 1. The molecule has 2 rings (SSSR count). The second-order valence-corrected chi connectivity index (χ2v) is 4.62. The molecule has 2 aromatic rings. The van der Waals surface area contributed by atoms with E-state index in [1.54, 1.807) is 18.2 Å². The fraction of sp³-hybridized carbons (Fsp3) is 0.286. The van der Waals surface area contributed by atoms with Gasteiger partial charge >= 0.3 is 0 Å². The van der Waals surface area contributed by atoms with Gasteiger partial charge in [0.1, 0.15) is 11.0 Å². The summed E-state index contributed by atoms with van der Waals surface area (Å²) in [6.07, 6.45) is 1.87. The van der Waals surface area contributed by atoms with Crippen molar-refractivity contribution in [2.45, 2.75) is 26.3 Å². The summed E-state index contributed by atoms with van der Waals surface area (Å²) in [5, 5.41) is 3.52. The van der Waals surface area contributed by atoms with Gasteiger partial charge in [-0.3, -0.25) is 0 Å². The average molecular weight is 280 g/mol. The van der Waals surface area contributed by atoms with Crippen LogP contribution in [0.2, 0.25) is 5.15 Å². The number of nitrogens with zero attached hydrogens (tertiary/aromatic N) is 2. The van der Waals surface area contributed by atoms with Gasteiger partial charge in [0.25, 0.3) is 0 Å². The topological polar surface area (TPSA) is 37.8 Å². The molecule has 3 nitrogen and oxygen atoms in total. The van der Waals surface area contributed by atoms with Gasteiger partial charge in [-0.15, -0.1) is 0 Å². The third kappa shape index (κ3) is 4.17. The number of halogens is 2. The van der Waals surface area contributed by atoms with E-state index < -0.39 is 0 Å². The summed E-state index contributed by atoms with van der Waals surface area (Å²) in [7, 11) is 0. The summed E-state index contributed by atoms with van der Waals surface area (Å²) in [6, 6.07) is 8.07. The molecule has 0 aliphatic rings. The lowest BCUT2D eigenvalue weighted by Crippen LogP contribution is -2.05. The Balaban J connectivity index is 2.04. The van der Waals surface area contributed by atoms with Crippen molar-refractivity contribution in [1.82, 2.24) is 9.97 Å². The highest BCUT2D eigenvalue weighted by atomic mass is 35.5. The van der Waals surface area contributed by atoms with Gasteiger partial charge in [-0.2, -0.15) is 0 Å². The van der Waals surface area contributed by atoms with Crippen LogP contribution in [0, 0.1) is 5.82 Å². The first kappa shape index (κ1) is 13.7. The maximum atomic E-state index is 12.8. The van der Waals surface area contributed by atoms with Gasteiger partial charge in [0.05, 0.1) is 0 Å². The number of hydrogen-bond donors (Lipinski definition) is 1. The maximum absolute atomic E-state index is 12.8. The number of anilines is 1. The molecule has 19 heavy (non-hydrogen) atoms. The Hall–Kier alpha value is -1.68. The molecule has 0 aliphatic carbocycles. The average Bonchev–Trinajstić information content (AvgIpc) is 2.38. The van der Waals surface area contributed by atoms with E-state index in [1.807, 2.05) is 0 Å². The maximum Gasteiger partial charge on any atom is 0.224 e. The zero-order valence-corrected chi connectivity index (χ0v) is 11.4. The van der Waals surface area contributed by atoms with E-state index in [9.17, 15) is 4.39 Å². The molecule has 1 aromatic carbocycles. The minimum absolute atomic E-state index is 0.243. The van der Waals surface area contributed by atoms with E-state index in [2.05, 4.69) is 22.2 Å². The quantitative estimate of drug-likeness (QED) is 0.845. The van der Waals surface area contributed by atoms with Crippen molar-refractivity contribution >= 4 is 17.5 Å². The van der Waals surface area contributed by atoms with Crippen LogP contribution in [0.15, 0.2) is 30.3 Å². The van der Waals surface area contributed by atoms with Crippen LogP contribution in [-0.2, 0) is 13.0 Å². The minimum atomic E-state index is -0.243. The van der Waals surface area contributed by atoms with Gasteiger partial charge in [-0.05, 0) is 30.2 Å². The fourth-order valence-corrected chi connectivity index (χ4v) is 1.92. The number of hydrogen-bond acceptors (Lipinski definition) is 3. The van der Waals surface area contributed by atoms with E-state index in [0.717, 1.165) is 24.1 Å². The highest BCUT2D eigenvalue weighted by Crippen LogP contribution is 2.13. The highest BCUT2D eigenvalue weighted by Gasteiger charge is 2.03. The standard InChI is InChI=1S/C14H15ClFN3/c1-2-3-12-8-13(15)19-14(18-12)17-9-10-4-6-11(16)7-5-10/h4-8H,2-3,9H2,1H3,(H,17,18,19). The molecule has 0 fully saturated rings. The van der Waals surface area contributed by atoms with Crippen molar-refractivity contribution in [1.29, 1.82) is 0 Å². The predicted octanol–water partition coefficient (Wildman–Crippen LogP) is 3.83. The Morgan fingerprint density at radius 2 is 1.95 bits per heavy atom. The predicted molar refractivity (Wildman–Crippen MR) is 74.8 cm³/mol. The Bertz CT molecular complexity index is 543. The highest BCUT2D eigenvalue weighted by molar-refractivity contribution is 6.29. The molecule has 0 atom stereocenters.